The molecule has 1 aromatic heterocycles. The molecule has 1 atom stereocenters. The van der Waals surface area contributed by atoms with E-state index in [1.54, 1.807) is 12.1 Å². The maximum Gasteiger partial charge on any atom is 0.258 e. The molecule has 2 heterocycles. The minimum absolute atomic E-state index is 0.204. The summed E-state index contributed by atoms with van der Waals surface area (Å²) in [6.07, 6.45) is -0.204. The number of hydrogen-bond acceptors (Lipinski definition) is 5. The molecule has 1 N–H and O–H groups in total. The van der Waals surface area contributed by atoms with Gasteiger partial charge in [-0.1, -0.05) is 11.2 Å². The molecule has 2 aromatic rings. The van der Waals surface area contributed by atoms with Crippen molar-refractivity contribution in [2.75, 3.05) is 19.7 Å². The molecule has 1 saturated heterocycles. The van der Waals surface area contributed by atoms with Crippen LogP contribution in [0.15, 0.2) is 28.8 Å². The molecule has 18 heavy (non-hydrogen) atoms. The lowest BCUT2D eigenvalue weighted by molar-refractivity contribution is 0.0208. The Bertz CT molecular complexity index is 538. The molecule has 0 amide bonds. The molecule has 6 heteroatoms. The first-order chi connectivity index (χ1) is 8.83. The average Bonchev–Trinajstić information content (AvgIpc) is 2.89. The second-order valence-electron chi connectivity index (χ2n) is 4.03. The third kappa shape index (κ3) is 2.25. The Morgan fingerprint density at radius 1 is 1.39 bits per heavy atom. The topological polar surface area (TPSA) is 60.2 Å². The minimum Gasteiger partial charge on any atom is -0.367 e. The average molecular weight is 249 g/mol. The Hall–Kier alpha value is -1.79. The predicted octanol–water partition coefficient (Wildman–Crippen LogP) is 1.54. The van der Waals surface area contributed by atoms with Gasteiger partial charge in [-0.15, -0.1) is 0 Å². The second-order valence-corrected chi connectivity index (χ2v) is 4.03. The van der Waals surface area contributed by atoms with Crippen molar-refractivity contribution in [3.8, 4) is 11.5 Å². The van der Waals surface area contributed by atoms with Crippen molar-refractivity contribution in [2.24, 2.45) is 0 Å². The van der Waals surface area contributed by atoms with E-state index in [0.29, 0.717) is 30.4 Å². The lowest BCUT2D eigenvalue weighted by atomic mass is 10.2. The molecule has 1 fully saturated rings. The van der Waals surface area contributed by atoms with Gasteiger partial charge < -0.3 is 14.6 Å². The van der Waals surface area contributed by atoms with E-state index in [2.05, 4.69) is 15.5 Å². The summed E-state index contributed by atoms with van der Waals surface area (Å²) in [7, 11) is 0. The molecule has 0 spiro atoms. The zero-order valence-electron chi connectivity index (χ0n) is 9.60. The highest BCUT2D eigenvalue weighted by Crippen LogP contribution is 2.22. The lowest BCUT2D eigenvalue weighted by Gasteiger charge is -2.20. The fourth-order valence-corrected chi connectivity index (χ4v) is 1.84. The van der Waals surface area contributed by atoms with Gasteiger partial charge in [0.05, 0.1) is 6.61 Å². The molecule has 1 aliphatic heterocycles. The molecule has 94 valence electrons. The summed E-state index contributed by atoms with van der Waals surface area (Å²) in [5.74, 6) is 0.461. The molecular formula is C12H12FN3O2. The lowest BCUT2D eigenvalue weighted by Crippen LogP contribution is -2.33. The number of nitrogens with zero attached hydrogens (tertiary/aromatic N) is 2. The van der Waals surface area contributed by atoms with E-state index >= 15 is 0 Å². The van der Waals surface area contributed by atoms with Crippen LogP contribution in [-0.2, 0) is 4.74 Å². The van der Waals surface area contributed by atoms with Crippen molar-refractivity contribution in [3.63, 3.8) is 0 Å². The standard InChI is InChI=1S/C12H12FN3O2/c13-9-3-1-2-8(6-9)12-15-11(16-18-12)10-7-14-4-5-17-10/h1-3,6,10,14H,4-5,7H2. The first-order valence-electron chi connectivity index (χ1n) is 5.75. The van der Waals surface area contributed by atoms with Crippen LogP contribution in [-0.4, -0.2) is 29.8 Å². The fourth-order valence-electron chi connectivity index (χ4n) is 1.84. The van der Waals surface area contributed by atoms with Crippen LogP contribution in [0, 0.1) is 5.82 Å². The van der Waals surface area contributed by atoms with Gasteiger partial charge in [0.15, 0.2) is 0 Å². The fraction of sp³-hybridized carbons (Fsp3) is 0.333. The van der Waals surface area contributed by atoms with Crippen LogP contribution in [0.4, 0.5) is 4.39 Å². The van der Waals surface area contributed by atoms with Crippen LogP contribution < -0.4 is 5.32 Å². The maximum atomic E-state index is 13.1. The summed E-state index contributed by atoms with van der Waals surface area (Å²) in [5.41, 5.74) is 0.567. The Labute approximate surface area is 103 Å². The number of morpholine rings is 1. The molecule has 3 rings (SSSR count). The highest BCUT2D eigenvalue weighted by Gasteiger charge is 2.21. The Balaban J connectivity index is 1.84. The van der Waals surface area contributed by atoms with Crippen LogP contribution in [0.2, 0.25) is 0 Å². The van der Waals surface area contributed by atoms with Gasteiger partial charge in [-0.3, -0.25) is 0 Å². The summed E-state index contributed by atoms with van der Waals surface area (Å²) in [6.45, 7) is 2.10. The summed E-state index contributed by atoms with van der Waals surface area (Å²) in [6, 6.07) is 6.06. The quantitative estimate of drug-likeness (QED) is 0.874. The summed E-state index contributed by atoms with van der Waals surface area (Å²) < 4.78 is 23.7. The van der Waals surface area contributed by atoms with Gasteiger partial charge in [-0.05, 0) is 18.2 Å². The number of aromatic nitrogens is 2. The zero-order valence-corrected chi connectivity index (χ0v) is 9.60. The number of rotatable bonds is 2. The van der Waals surface area contributed by atoms with Gasteiger partial charge in [-0.25, -0.2) is 4.39 Å². The molecule has 1 aromatic carbocycles. The van der Waals surface area contributed by atoms with Crippen LogP contribution in [0.25, 0.3) is 11.5 Å². The molecular weight excluding hydrogens is 237 g/mol. The van der Waals surface area contributed by atoms with E-state index in [-0.39, 0.29) is 11.9 Å². The van der Waals surface area contributed by atoms with Gasteiger partial charge >= 0.3 is 0 Å². The smallest absolute Gasteiger partial charge is 0.258 e. The van der Waals surface area contributed by atoms with E-state index in [0.717, 1.165) is 6.54 Å². The number of benzene rings is 1. The SMILES string of the molecule is Fc1cccc(-c2nc(C3CNCCO3)no2)c1. The molecule has 0 bridgehead atoms. The normalized spacial score (nSPS) is 19.9. The van der Waals surface area contributed by atoms with Crippen molar-refractivity contribution < 1.29 is 13.7 Å². The van der Waals surface area contributed by atoms with Crippen molar-refractivity contribution in [1.29, 1.82) is 0 Å². The third-order valence-electron chi connectivity index (χ3n) is 2.73. The number of halogens is 1. The van der Waals surface area contributed by atoms with E-state index in [1.807, 2.05) is 0 Å². The largest absolute Gasteiger partial charge is 0.367 e. The maximum absolute atomic E-state index is 13.1. The molecule has 1 unspecified atom stereocenters. The Kier molecular flexibility index (Phi) is 3.04. The van der Waals surface area contributed by atoms with Gasteiger partial charge in [0.2, 0.25) is 5.82 Å². The zero-order chi connectivity index (χ0) is 12.4. The molecule has 0 saturated carbocycles. The van der Waals surface area contributed by atoms with Crippen LogP contribution in [0.5, 0.6) is 0 Å². The van der Waals surface area contributed by atoms with E-state index < -0.39 is 0 Å². The molecule has 0 aliphatic carbocycles. The number of nitrogens with one attached hydrogen (secondary N) is 1. The van der Waals surface area contributed by atoms with Gasteiger partial charge in [0, 0.05) is 18.7 Å². The minimum atomic E-state index is -0.331. The summed E-state index contributed by atoms with van der Waals surface area (Å²) in [5, 5.41) is 7.06. The van der Waals surface area contributed by atoms with Crippen molar-refractivity contribution in [3.05, 3.63) is 35.9 Å². The summed E-state index contributed by atoms with van der Waals surface area (Å²) >= 11 is 0. The number of ether oxygens (including phenoxy) is 1. The van der Waals surface area contributed by atoms with E-state index in [9.17, 15) is 4.39 Å². The molecule has 1 aliphatic rings. The van der Waals surface area contributed by atoms with Crippen molar-refractivity contribution in [1.82, 2.24) is 15.5 Å². The van der Waals surface area contributed by atoms with Crippen LogP contribution in [0.1, 0.15) is 11.9 Å². The highest BCUT2D eigenvalue weighted by molar-refractivity contribution is 5.52. The van der Waals surface area contributed by atoms with Gasteiger partial charge in [0.25, 0.3) is 5.89 Å². The van der Waals surface area contributed by atoms with Gasteiger partial charge in [0.1, 0.15) is 11.9 Å². The Morgan fingerprint density at radius 2 is 2.33 bits per heavy atom. The summed E-state index contributed by atoms with van der Waals surface area (Å²) in [4.78, 5) is 4.24. The third-order valence-corrected chi connectivity index (χ3v) is 2.73. The monoisotopic (exact) mass is 249 g/mol. The first-order valence-corrected chi connectivity index (χ1v) is 5.75. The van der Waals surface area contributed by atoms with E-state index in [4.69, 9.17) is 9.26 Å². The first kappa shape index (κ1) is 11.3. The highest BCUT2D eigenvalue weighted by atomic mass is 19.1. The van der Waals surface area contributed by atoms with Crippen molar-refractivity contribution in [2.45, 2.75) is 6.10 Å². The molecule has 5 nitrogen and oxygen atoms in total. The van der Waals surface area contributed by atoms with E-state index in [1.165, 1.54) is 12.1 Å². The van der Waals surface area contributed by atoms with Crippen molar-refractivity contribution >= 4 is 0 Å². The van der Waals surface area contributed by atoms with Crippen LogP contribution in [0.3, 0.4) is 0 Å². The second kappa shape index (κ2) is 4.83. The molecule has 0 radical (unpaired) electrons. The van der Waals surface area contributed by atoms with Gasteiger partial charge in [-0.2, -0.15) is 4.98 Å². The number of hydrogen-bond donors (Lipinski definition) is 1. The Morgan fingerprint density at radius 3 is 3.11 bits per heavy atom. The predicted molar refractivity (Wildman–Crippen MR) is 61.3 cm³/mol. The van der Waals surface area contributed by atoms with Crippen LogP contribution >= 0.6 is 0 Å².